The number of ether oxygens (including phenoxy) is 1. The van der Waals surface area contributed by atoms with Crippen molar-refractivity contribution >= 4 is 11.9 Å². The molecule has 1 aromatic carbocycles. The Labute approximate surface area is 142 Å². The van der Waals surface area contributed by atoms with E-state index in [1.54, 1.807) is 0 Å². The van der Waals surface area contributed by atoms with Gasteiger partial charge in [0.05, 0.1) is 31.0 Å². The molecule has 3 rings (SSSR count). The topological polar surface area (TPSA) is 66.8 Å². The lowest BCUT2D eigenvalue weighted by Gasteiger charge is -2.27. The van der Waals surface area contributed by atoms with Crippen molar-refractivity contribution in [1.29, 1.82) is 0 Å². The van der Waals surface area contributed by atoms with Gasteiger partial charge in [-0.2, -0.15) is 13.2 Å². The van der Waals surface area contributed by atoms with Gasteiger partial charge in [-0.05, 0) is 17.5 Å². The minimum Gasteiger partial charge on any atom is -0.481 e. The highest BCUT2D eigenvalue weighted by Crippen LogP contribution is 2.38. The number of hydrogen-bond acceptors (Lipinski definition) is 3. The first-order chi connectivity index (χ1) is 11.8. The average molecular weight is 357 g/mol. The molecule has 0 spiro atoms. The lowest BCUT2D eigenvalue weighted by molar-refractivity contribution is -0.188. The molecule has 0 aromatic heterocycles. The fourth-order valence-corrected chi connectivity index (χ4v) is 3.52. The summed E-state index contributed by atoms with van der Waals surface area (Å²) >= 11 is 0. The summed E-state index contributed by atoms with van der Waals surface area (Å²) in [7, 11) is 0. The number of nitrogens with zero attached hydrogens (tertiary/aromatic N) is 1. The van der Waals surface area contributed by atoms with E-state index in [0.717, 1.165) is 22.4 Å². The number of hydrogen-bond donors (Lipinski definition) is 1. The molecule has 0 saturated carbocycles. The number of likely N-dealkylation sites (tertiary alicyclic amines) is 1. The predicted octanol–water partition coefficient (Wildman–Crippen LogP) is 2.41. The lowest BCUT2D eigenvalue weighted by atomic mass is 9.95. The molecule has 25 heavy (non-hydrogen) atoms. The fourth-order valence-electron chi connectivity index (χ4n) is 3.52. The van der Waals surface area contributed by atoms with E-state index in [1.165, 1.54) is 0 Å². The van der Waals surface area contributed by atoms with Crippen LogP contribution in [0.1, 0.15) is 23.7 Å². The number of carbonyl (C=O) groups excluding carboxylic acids is 1. The minimum atomic E-state index is -4.65. The Balaban J connectivity index is 1.71. The van der Waals surface area contributed by atoms with Crippen molar-refractivity contribution in [3.05, 3.63) is 35.4 Å². The number of halogens is 3. The average Bonchev–Trinajstić information content (AvgIpc) is 3.01. The van der Waals surface area contributed by atoms with Crippen LogP contribution < -0.4 is 0 Å². The van der Waals surface area contributed by atoms with Crippen LogP contribution in [-0.2, 0) is 20.7 Å². The molecule has 136 valence electrons. The monoisotopic (exact) mass is 357 g/mol. The fraction of sp³-hybridized carbons (Fsp3) is 0.529. The maximum absolute atomic E-state index is 13.0. The summed E-state index contributed by atoms with van der Waals surface area (Å²) in [6, 6.07) is 7.48. The number of aliphatic carboxylic acids is 1. The molecule has 0 aliphatic carbocycles. The van der Waals surface area contributed by atoms with Crippen LogP contribution in [0.5, 0.6) is 0 Å². The molecule has 3 atom stereocenters. The van der Waals surface area contributed by atoms with Crippen molar-refractivity contribution in [2.24, 2.45) is 11.8 Å². The molecule has 1 aromatic rings. The zero-order valence-corrected chi connectivity index (χ0v) is 13.3. The van der Waals surface area contributed by atoms with Crippen molar-refractivity contribution in [2.45, 2.75) is 25.1 Å². The summed E-state index contributed by atoms with van der Waals surface area (Å²) < 4.78 is 44.7. The second kappa shape index (κ2) is 6.67. The molecular weight excluding hydrogens is 339 g/mol. The first-order valence-electron chi connectivity index (χ1n) is 8.04. The van der Waals surface area contributed by atoms with Crippen LogP contribution in [0.3, 0.4) is 0 Å². The molecule has 1 saturated heterocycles. The number of carboxylic acid groups (broad SMARTS) is 1. The second-order valence-corrected chi connectivity index (χ2v) is 6.40. The normalized spacial score (nSPS) is 26.4. The van der Waals surface area contributed by atoms with E-state index < -0.39 is 49.1 Å². The van der Waals surface area contributed by atoms with E-state index >= 15 is 0 Å². The Morgan fingerprint density at radius 2 is 1.96 bits per heavy atom. The van der Waals surface area contributed by atoms with Gasteiger partial charge in [0.25, 0.3) is 0 Å². The molecule has 1 N–H and O–H groups in total. The first kappa shape index (κ1) is 17.7. The predicted molar refractivity (Wildman–Crippen MR) is 80.7 cm³/mol. The third-order valence-electron chi connectivity index (χ3n) is 4.86. The molecule has 1 fully saturated rings. The summed E-state index contributed by atoms with van der Waals surface area (Å²) in [5, 5.41) is 9.04. The van der Waals surface area contributed by atoms with Gasteiger partial charge in [-0.15, -0.1) is 0 Å². The van der Waals surface area contributed by atoms with Crippen molar-refractivity contribution < 1.29 is 32.6 Å². The Bertz CT molecular complexity index is 676. The maximum atomic E-state index is 13.0. The summed E-state index contributed by atoms with van der Waals surface area (Å²) in [6.07, 6.45) is -4.52. The molecule has 1 unspecified atom stereocenters. The van der Waals surface area contributed by atoms with E-state index in [2.05, 4.69) is 0 Å². The smallest absolute Gasteiger partial charge is 0.394 e. The van der Waals surface area contributed by atoms with Gasteiger partial charge in [0.2, 0.25) is 5.91 Å². The van der Waals surface area contributed by atoms with Gasteiger partial charge in [-0.25, -0.2) is 0 Å². The number of carboxylic acids is 1. The van der Waals surface area contributed by atoms with Crippen LogP contribution in [0.2, 0.25) is 0 Å². The lowest BCUT2D eigenvalue weighted by Crippen LogP contribution is -2.34. The van der Waals surface area contributed by atoms with Crippen molar-refractivity contribution in [1.82, 2.24) is 4.90 Å². The summed E-state index contributed by atoms with van der Waals surface area (Å²) in [5.41, 5.74) is 1.92. The quantitative estimate of drug-likeness (QED) is 0.902. The Kier molecular flexibility index (Phi) is 4.73. The number of rotatable bonds is 3. The largest absolute Gasteiger partial charge is 0.481 e. The Morgan fingerprint density at radius 1 is 1.24 bits per heavy atom. The highest BCUT2D eigenvalue weighted by molar-refractivity contribution is 5.79. The Morgan fingerprint density at radius 3 is 2.60 bits per heavy atom. The van der Waals surface area contributed by atoms with E-state index in [1.807, 2.05) is 24.3 Å². The highest BCUT2D eigenvalue weighted by atomic mass is 19.4. The number of benzene rings is 1. The van der Waals surface area contributed by atoms with Crippen LogP contribution in [-0.4, -0.2) is 47.8 Å². The zero-order valence-electron chi connectivity index (χ0n) is 13.3. The van der Waals surface area contributed by atoms with Gasteiger partial charge in [0, 0.05) is 13.1 Å². The summed E-state index contributed by atoms with van der Waals surface area (Å²) in [6.45, 7) is -0.599. The first-order valence-corrected chi connectivity index (χ1v) is 8.04. The van der Waals surface area contributed by atoms with Gasteiger partial charge in [-0.1, -0.05) is 24.3 Å². The molecule has 0 radical (unpaired) electrons. The van der Waals surface area contributed by atoms with Gasteiger partial charge in [-0.3, -0.25) is 9.59 Å². The molecule has 2 aliphatic heterocycles. The van der Waals surface area contributed by atoms with Crippen molar-refractivity contribution in [3.63, 3.8) is 0 Å². The molecule has 8 heteroatoms. The van der Waals surface area contributed by atoms with Crippen molar-refractivity contribution in [2.75, 3.05) is 19.7 Å². The number of alkyl halides is 3. The molecule has 1 amide bonds. The van der Waals surface area contributed by atoms with Crippen molar-refractivity contribution in [3.8, 4) is 0 Å². The molecule has 5 nitrogen and oxygen atoms in total. The van der Waals surface area contributed by atoms with Gasteiger partial charge >= 0.3 is 12.1 Å². The zero-order chi connectivity index (χ0) is 18.2. The molecule has 2 aliphatic rings. The van der Waals surface area contributed by atoms with Crippen LogP contribution in [0.4, 0.5) is 13.2 Å². The van der Waals surface area contributed by atoms with E-state index in [9.17, 15) is 22.8 Å². The summed E-state index contributed by atoms with van der Waals surface area (Å²) in [5.74, 6) is -5.70. The maximum Gasteiger partial charge on any atom is 0.394 e. The van der Waals surface area contributed by atoms with Gasteiger partial charge < -0.3 is 14.7 Å². The second-order valence-electron chi connectivity index (χ2n) is 6.40. The van der Waals surface area contributed by atoms with E-state index in [-0.39, 0.29) is 6.42 Å². The van der Waals surface area contributed by atoms with E-state index in [4.69, 9.17) is 9.84 Å². The van der Waals surface area contributed by atoms with Crippen LogP contribution in [0.15, 0.2) is 24.3 Å². The molecule has 0 bridgehead atoms. The van der Waals surface area contributed by atoms with Crippen LogP contribution in [0, 0.1) is 11.8 Å². The SMILES string of the molecule is O=C(O)[C@@H]1CN(C(=O)CC2OCCc3ccccc32)C[C@H]1C(F)(F)F. The third-order valence-corrected chi connectivity index (χ3v) is 4.86. The summed E-state index contributed by atoms with van der Waals surface area (Å²) in [4.78, 5) is 24.6. The standard InChI is InChI=1S/C17H18F3NO4/c18-17(19,20)13-9-21(8-12(13)16(23)24)15(22)7-14-11-4-2-1-3-10(11)5-6-25-14/h1-4,12-14H,5-9H2,(H,23,24)/t12-,13-,14?/m1/s1. The molecule has 2 heterocycles. The highest BCUT2D eigenvalue weighted by Gasteiger charge is 2.53. The number of fused-ring (bicyclic) bond motifs is 1. The number of amides is 1. The van der Waals surface area contributed by atoms with Crippen LogP contribution in [0.25, 0.3) is 0 Å². The Hall–Kier alpha value is -2.09. The van der Waals surface area contributed by atoms with Gasteiger partial charge in [0.1, 0.15) is 0 Å². The van der Waals surface area contributed by atoms with E-state index in [0.29, 0.717) is 6.61 Å². The number of carbonyl (C=O) groups is 2. The molecular formula is C17H18F3NO4. The third kappa shape index (κ3) is 3.63. The van der Waals surface area contributed by atoms with Crippen LogP contribution >= 0.6 is 0 Å². The van der Waals surface area contributed by atoms with Gasteiger partial charge in [0.15, 0.2) is 0 Å². The minimum absolute atomic E-state index is 0.0894.